The summed E-state index contributed by atoms with van der Waals surface area (Å²) in [6.07, 6.45) is 1.68. The number of benzene rings is 1. The Kier molecular flexibility index (Phi) is 2.37. The maximum absolute atomic E-state index is 5.85. The Balaban J connectivity index is 2.18. The largest absolute Gasteiger partial charge is 0.381 e. The monoisotopic (exact) mass is 208 g/mol. The quantitative estimate of drug-likeness (QED) is 0.815. The van der Waals surface area contributed by atoms with E-state index < -0.39 is 0 Å². The number of halogens is 1. The highest BCUT2D eigenvalue weighted by molar-refractivity contribution is 6.30. The van der Waals surface area contributed by atoms with Gasteiger partial charge in [-0.05, 0) is 17.7 Å². The fraction of sp³-hybridized carbons (Fsp3) is 0.111. The van der Waals surface area contributed by atoms with Gasteiger partial charge in [0.2, 0.25) is 0 Å². The van der Waals surface area contributed by atoms with Crippen molar-refractivity contribution in [3.05, 3.63) is 41.0 Å². The molecule has 2 N–H and O–H groups in total. The van der Waals surface area contributed by atoms with Crippen LogP contribution in [0, 0.1) is 0 Å². The first-order chi connectivity index (χ1) is 6.74. The highest BCUT2D eigenvalue weighted by atomic mass is 35.5. The topological polar surface area (TPSA) is 56.7 Å². The van der Waals surface area contributed by atoms with Gasteiger partial charge in [-0.15, -0.1) is 5.10 Å². The Morgan fingerprint density at radius 3 is 2.93 bits per heavy atom. The summed E-state index contributed by atoms with van der Waals surface area (Å²) >= 11 is 5.85. The first kappa shape index (κ1) is 9.02. The predicted molar refractivity (Wildman–Crippen MR) is 55.0 cm³/mol. The number of nitrogens with two attached hydrogens (primary N) is 1. The lowest BCUT2D eigenvalue weighted by Crippen LogP contribution is -2.00. The van der Waals surface area contributed by atoms with Crippen molar-refractivity contribution < 1.29 is 0 Å². The van der Waals surface area contributed by atoms with E-state index in [4.69, 9.17) is 17.3 Å². The Labute approximate surface area is 86.3 Å². The number of rotatable bonds is 2. The molecule has 0 atom stereocenters. The van der Waals surface area contributed by atoms with Gasteiger partial charge in [0.25, 0.3) is 0 Å². The summed E-state index contributed by atoms with van der Waals surface area (Å²) in [5.74, 6) is 0.423. The van der Waals surface area contributed by atoms with Gasteiger partial charge in [0.05, 0.1) is 12.7 Å². The molecule has 0 unspecified atom stereocenters. The van der Waals surface area contributed by atoms with Crippen molar-refractivity contribution in [2.75, 3.05) is 5.73 Å². The number of hydrogen-bond acceptors (Lipinski definition) is 3. The molecule has 0 aliphatic heterocycles. The minimum Gasteiger partial charge on any atom is -0.381 e. The minimum atomic E-state index is 0.423. The predicted octanol–water partition coefficient (Wildman–Crippen LogP) is 1.56. The molecule has 0 amide bonds. The van der Waals surface area contributed by atoms with Crippen LogP contribution in [0.4, 0.5) is 5.82 Å². The molecule has 1 aromatic carbocycles. The highest BCUT2D eigenvalue weighted by Crippen LogP contribution is 2.11. The van der Waals surface area contributed by atoms with Gasteiger partial charge in [0, 0.05) is 5.02 Å². The maximum Gasteiger partial charge on any atom is 0.165 e. The SMILES string of the molecule is Nc1cn(Cc2cccc(Cl)c2)nn1. The van der Waals surface area contributed by atoms with Crippen molar-refractivity contribution >= 4 is 17.4 Å². The van der Waals surface area contributed by atoms with Crippen molar-refractivity contribution in [3.63, 3.8) is 0 Å². The maximum atomic E-state index is 5.85. The van der Waals surface area contributed by atoms with Gasteiger partial charge in [-0.2, -0.15) is 0 Å². The van der Waals surface area contributed by atoms with Crippen LogP contribution in [0.3, 0.4) is 0 Å². The molecule has 1 heterocycles. The molecule has 2 aromatic rings. The third kappa shape index (κ3) is 2.03. The molecule has 0 aliphatic rings. The molecule has 5 heteroatoms. The Morgan fingerprint density at radius 1 is 1.43 bits per heavy atom. The number of nitrogen functional groups attached to an aromatic ring is 1. The minimum absolute atomic E-state index is 0.423. The molecule has 1 aromatic heterocycles. The number of aromatic nitrogens is 3. The van der Waals surface area contributed by atoms with E-state index in [1.807, 2.05) is 24.3 Å². The summed E-state index contributed by atoms with van der Waals surface area (Å²) < 4.78 is 1.67. The van der Waals surface area contributed by atoms with Crippen LogP contribution in [0.1, 0.15) is 5.56 Å². The van der Waals surface area contributed by atoms with E-state index in [2.05, 4.69) is 10.3 Å². The first-order valence-corrected chi connectivity index (χ1v) is 4.52. The first-order valence-electron chi connectivity index (χ1n) is 4.14. The molecular weight excluding hydrogens is 200 g/mol. The van der Waals surface area contributed by atoms with Gasteiger partial charge in [0.1, 0.15) is 0 Å². The summed E-state index contributed by atoms with van der Waals surface area (Å²) in [6.45, 7) is 0.630. The second-order valence-corrected chi connectivity index (χ2v) is 3.41. The molecule has 0 aliphatic carbocycles. The van der Waals surface area contributed by atoms with Gasteiger partial charge in [-0.3, -0.25) is 0 Å². The van der Waals surface area contributed by atoms with E-state index in [-0.39, 0.29) is 0 Å². The summed E-state index contributed by atoms with van der Waals surface area (Å²) in [5.41, 5.74) is 6.51. The third-order valence-corrected chi connectivity index (χ3v) is 2.03. The van der Waals surface area contributed by atoms with Gasteiger partial charge in [-0.25, -0.2) is 4.68 Å². The highest BCUT2D eigenvalue weighted by Gasteiger charge is 1.98. The zero-order valence-electron chi connectivity index (χ0n) is 7.39. The summed E-state index contributed by atoms with van der Waals surface area (Å²) in [7, 11) is 0. The van der Waals surface area contributed by atoms with Crippen LogP contribution in [0.5, 0.6) is 0 Å². The molecule has 0 radical (unpaired) electrons. The third-order valence-electron chi connectivity index (χ3n) is 1.79. The van der Waals surface area contributed by atoms with Crippen LogP contribution in [0.2, 0.25) is 5.02 Å². The smallest absolute Gasteiger partial charge is 0.165 e. The Bertz CT molecular complexity index is 438. The van der Waals surface area contributed by atoms with Crippen LogP contribution in [0.25, 0.3) is 0 Å². The van der Waals surface area contributed by atoms with Gasteiger partial charge in [-0.1, -0.05) is 28.9 Å². The van der Waals surface area contributed by atoms with Crippen molar-refractivity contribution in [2.45, 2.75) is 6.54 Å². The van der Waals surface area contributed by atoms with Crippen molar-refractivity contribution in [3.8, 4) is 0 Å². The van der Waals surface area contributed by atoms with Crippen LogP contribution in [-0.2, 0) is 6.54 Å². The summed E-state index contributed by atoms with van der Waals surface area (Å²) in [5, 5.41) is 8.25. The van der Waals surface area contributed by atoms with Crippen molar-refractivity contribution in [1.29, 1.82) is 0 Å². The number of hydrogen-bond donors (Lipinski definition) is 1. The zero-order valence-corrected chi connectivity index (χ0v) is 8.15. The lowest BCUT2D eigenvalue weighted by Gasteiger charge is -2.00. The van der Waals surface area contributed by atoms with E-state index in [9.17, 15) is 0 Å². The van der Waals surface area contributed by atoms with Crippen LogP contribution in [-0.4, -0.2) is 15.0 Å². The van der Waals surface area contributed by atoms with Crippen LogP contribution >= 0.6 is 11.6 Å². The summed E-state index contributed by atoms with van der Waals surface area (Å²) in [4.78, 5) is 0. The van der Waals surface area contributed by atoms with E-state index in [1.165, 1.54) is 0 Å². The van der Waals surface area contributed by atoms with Crippen LogP contribution in [0.15, 0.2) is 30.5 Å². The summed E-state index contributed by atoms with van der Waals surface area (Å²) in [6, 6.07) is 7.60. The van der Waals surface area contributed by atoms with E-state index in [0.717, 1.165) is 10.6 Å². The average molecular weight is 209 g/mol. The fourth-order valence-electron chi connectivity index (χ4n) is 1.21. The lowest BCUT2D eigenvalue weighted by atomic mass is 10.2. The molecule has 2 rings (SSSR count). The standard InChI is InChI=1S/C9H9ClN4/c10-8-3-1-2-7(4-8)5-14-6-9(11)12-13-14/h1-4,6H,5,11H2. The fourth-order valence-corrected chi connectivity index (χ4v) is 1.43. The molecule has 72 valence electrons. The number of nitrogens with zero attached hydrogens (tertiary/aromatic N) is 3. The molecule has 0 bridgehead atoms. The molecule has 0 spiro atoms. The molecule has 0 saturated carbocycles. The Morgan fingerprint density at radius 2 is 2.29 bits per heavy atom. The van der Waals surface area contributed by atoms with Gasteiger partial charge in [0.15, 0.2) is 5.82 Å². The van der Waals surface area contributed by atoms with Crippen molar-refractivity contribution in [2.24, 2.45) is 0 Å². The Hall–Kier alpha value is -1.55. The van der Waals surface area contributed by atoms with Crippen molar-refractivity contribution in [1.82, 2.24) is 15.0 Å². The van der Waals surface area contributed by atoms with E-state index in [0.29, 0.717) is 12.4 Å². The number of anilines is 1. The van der Waals surface area contributed by atoms with E-state index >= 15 is 0 Å². The second-order valence-electron chi connectivity index (χ2n) is 2.97. The molecule has 14 heavy (non-hydrogen) atoms. The molecule has 4 nitrogen and oxygen atoms in total. The normalized spacial score (nSPS) is 10.4. The molecular formula is C9H9ClN4. The zero-order chi connectivity index (χ0) is 9.97. The van der Waals surface area contributed by atoms with Gasteiger partial charge < -0.3 is 5.73 Å². The van der Waals surface area contributed by atoms with E-state index in [1.54, 1.807) is 10.9 Å². The lowest BCUT2D eigenvalue weighted by molar-refractivity contribution is 0.650. The molecule has 0 saturated heterocycles. The average Bonchev–Trinajstić information content (AvgIpc) is 2.51. The van der Waals surface area contributed by atoms with Crippen LogP contribution < -0.4 is 5.73 Å². The molecule has 0 fully saturated rings. The van der Waals surface area contributed by atoms with Gasteiger partial charge >= 0.3 is 0 Å². The second kappa shape index (κ2) is 3.67.